The standard InChI is InChI=1S/C15H16ClN3OS/c1-19(5-4-9-3-2-6-21-9)13-8-12-10(7-11(13)16)14(17)15(20)18-12/h2-3,6-8,14H,4-5,17H2,1H3,(H,18,20). The number of nitrogens with two attached hydrogens (primary N) is 1. The number of carbonyl (C=O) groups excluding carboxylic acids is 1. The first-order chi connectivity index (χ1) is 10.1. The lowest BCUT2D eigenvalue weighted by Gasteiger charge is -2.21. The monoisotopic (exact) mass is 321 g/mol. The van der Waals surface area contributed by atoms with Crippen LogP contribution in [0.1, 0.15) is 16.5 Å². The number of nitrogens with zero attached hydrogens (tertiary/aromatic N) is 1. The maximum atomic E-state index is 11.6. The predicted molar refractivity (Wildman–Crippen MR) is 88.3 cm³/mol. The summed E-state index contributed by atoms with van der Waals surface area (Å²) in [5.74, 6) is -0.181. The van der Waals surface area contributed by atoms with Gasteiger partial charge in [0.15, 0.2) is 0 Å². The molecule has 110 valence electrons. The summed E-state index contributed by atoms with van der Waals surface area (Å²) in [7, 11) is 2.00. The molecule has 1 aromatic heterocycles. The van der Waals surface area contributed by atoms with Crippen LogP contribution >= 0.6 is 22.9 Å². The van der Waals surface area contributed by atoms with Gasteiger partial charge in [0.2, 0.25) is 5.91 Å². The van der Waals surface area contributed by atoms with Crippen LogP contribution in [0.15, 0.2) is 29.6 Å². The molecule has 2 aromatic rings. The van der Waals surface area contributed by atoms with Crippen LogP contribution in [-0.4, -0.2) is 19.5 Å². The lowest BCUT2D eigenvalue weighted by molar-refractivity contribution is -0.116. The van der Waals surface area contributed by atoms with Crippen molar-refractivity contribution in [3.05, 3.63) is 45.1 Å². The molecule has 0 bridgehead atoms. The molecule has 4 nitrogen and oxygen atoms in total. The Kier molecular flexibility index (Phi) is 3.89. The molecule has 3 N–H and O–H groups in total. The largest absolute Gasteiger partial charge is 0.373 e. The van der Waals surface area contributed by atoms with Crippen LogP contribution in [0.3, 0.4) is 0 Å². The second-order valence-electron chi connectivity index (χ2n) is 5.11. The van der Waals surface area contributed by atoms with Gasteiger partial charge >= 0.3 is 0 Å². The molecule has 0 saturated heterocycles. The lowest BCUT2D eigenvalue weighted by Crippen LogP contribution is -2.20. The molecule has 1 aromatic carbocycles. The SMILES string of the molecule is CN(CCc1cccs1)c1cc2c(cc1Cl)C(N)C(=O)N2. The number of rotatable bonds is 4. The molecule has 3 rings (SSSR count). The van der Waals surface area contributed by atoms with E-state index >= 15 is 0 Å². The number of likely N-dealkylation sites (N-methyl/N-ethyl adjacent to an activating group) is 1. The molecule has 0 saturated carbocycles. The fourth-order valence-corrected chi connectivity index (χ4v) is 3.45. The lowest BCUT2D eigenvalue weighted by atomic mass is 10.1. The van der Waals surface area contributed by atoms with Gasteiger partial charge < -0.3 is 16.0 Å². The summed E-state index contributed by atoms with van der Waals surface area (Å²) < 4.78 is 0. The number of amides is 1. The molecular weight excluding hydrogens is 306 g/mol. The average molecular weight is 322 g/mol. The third-order valence-corrected chi connectivity index (χ3v) is 4.92. The maximum absolute atomic E-state index is 11.6. The molecule has 6 heteroatoms. The van der Waals surface area contributed by atoms with Crippen LogP contribution in [0.4, 0.5) is 11.4 Å². The van der Waals surface area contributed by atoms with Crippen molar-refractivity contribution >= 4 is 40.2 Å². The van der Waals surface area contributed by atoms with Crippen LogP contribution in [0.2, 0.25) is 5.02 Å². The van der Waals surface area contributed by atoms with Crippen molar-refractivity contribution in [2.45, 2.75) is 12.5 Å². The number of anilines is 2. The number of halogens is 1. The molecule has 1 amide bonds. The zero-order chi connectivity index (χ0) is 15.0. The molecule has 0 spiro atoms. The van der Waals surface area contributed by atoms with Gasteiger partial charge in [-0.3, -0.25) is 4.79 Å². The van der Waals surface area contributed by atoms with Crippen molar-refractivity contribution in [3.63, 3.8) is 0 Å². The molecular formula is C15H16ClN3OS. The second kappa shape index (κ2) is 5.67. The van der Waals surface area contributed by atoms with Crippen LogP contribution in [0.25, 0.3) is 0 Å². The molecule has 21 heavy (non-hydrogen) atoms. The third kappa shape index (κ3) is 2.77. The molecule has 0 fully saturated rings. The highest BCUT2D eigenvalue weighted by molar-refractivity contribution is 7.09. The van der Waals surface area contributed by atoms with Gasteiger partial charge in [-0.2, -0.15) is 0 Å². The van der Waals surface area contributed by atoms with E-state index < -0.39 is 6.04 Å². The quantitative estimate of drug-likeness (QED) is 0.910. The molecule has 1 unspecified atom stereocenters. The van der Waals surface area contributed by atoms with E-state index in [1.807, 2.05) is 13.1 Å². The van der Waals surface area contributed by atoms with E-state index in [1.54, 1.807) is 17.4 Å². The van der Waals surface area contributed by atoms with Crippen LogP contribution in [-0.2, 0) is 11.2 Å². The number of benzene rings is 1. The fraction of sp³-hybridized carbons (Fsp3) is 0.267. The zero-order valence-electron chi connectivity index (χ0n) is 11.6. The Morgan fingerprint density at radius 3 is 3.00 bits per heavy atom. The Bertz CT molecular complexity index is 672. The highest BCUT2D eigenvalue weighted by Crippen LogP contribution is 2.37. The van der Waals surface area contributed by atoms with Crippen LogP contribution in [0.5, 0.6) is 0 Å². The number of thiophene rings is 1. The van der Waals surface area contributed by atoms with Crippen LogP contribution in [0, 0.1) is 0 Å². The van der Waals surface area contributed by atoms with E-state index in [-0.39, 0.29) is 5.91 Å². The topological polar surface area (TPSA) is 58.4 Å². The van der Waals surface area contributed by atoms with Crippen molar-refractivity contribution < 1.29 is 4.79 Å². The van der Waals surface area contributed by atoms with Gasteiger partial charge in [0.05, 0.1) is 10.7 Å². The smallest absolute Gasteiger partial charge is 0.245 e. The van der Waals surface area contributed by atoms with Gasteiger partial charge in [-0.05, 0) is 30.0 Å². The van der Waals surface area contributed by atoms with E-state index in [4.69, 9.17) is 17.3 Å². The first-order valence-corrected chi connectivity index (χ1v) is 7.95. The summed E-state index contributed by atoms with van der Waals surface area (Å²) in [6, 6.07) is 7.25. The Morgan fingerprint density at radius 1 is 1.48 bits per heavy atom. The van der Waals surface area contributed by atoms with Gasteiger partial charge in [0.1, 0.15) is 6.04 Å². The first-order valence-electron chi connectivity index (χ1n) is 6.69. The van der Waals surface area contributed by atoms with E-state index in [0.29, 0.717) is 5.02 Å². The zero-order valence-corrected chi connectivity index (χ0v) is 13.2. The predicted octanol–water partition coefficient (Wildman–Crippen LogP) is 3.03. The molecule has 0 radical (unpaired) electrons. The van der Waals surface area contributed by atoms with Crippen molar-refractivity contribution in [1.82, 2.24) is 0 Å². The summed E-state index contributed by atoms with van der Waals surface area (Å²) >= 11 is 8.09. The summed E-state index contributed by atoms with van der Waals surface area (Å²) in [6.07, 6.45) is 0.966. The Morgan fingerprint density at radius 2 is 2.29 bits per heavy atom. The Hall–Kier alpha value is -1.56. The van der Waals surface area contributed by atoms with Crippen molar-refractivity contribution in [3.8, 4) is 0 Å². The summed E-state index contributed by atoms with van der Waals surface area (Å²) in [5, 5.41) is 5.49. The van der Waals surface area contributed by atoms with Crippen molar-refractivity contribution in [2.24, 2.45) is 5.73 Å². The first kappa shape index (κ1) is 14.4. The van der Waals surface area contributed by atoms with Crippen molar-refractivity contribution in [2.75, 3.05) is 23.8 Å². The molecule has 2 heterocycles. The fourth-order valence-electron chi connectivity index (χ4n) is 2.44. The van der Waals surface area contributed by atoms with E-state index in [0.717, 1.165) is 29.9 Å². The van der Waals surface area contributed by atoms with E-state index in [9.17, 15) is 4.79 Å². The van der Waals surface area contributed by atoms with Gasteiger partial charge in [0, 0.05) is 29.7 Å². The van der Waals surface area contributed by atoms with E-state index in [1.165, 1.54) is 4.88 Å². The molecule has 1 aliphatic heterocycles. The van der Waals surface area contributed by atoms with Crippen LogP contribution < -0.4 is 16.0 Å². The van der Waals surface area contributed by atoms with Gasteiger partial charge in [-0.1, -0.05) is 17.7 Å². The number of fused-ring (bicyclic) bond motifs is 1. The maximum Gasteiger partial charge on any atom is 0.245 e. The number of hydrogen-bond donors (Lipinski definition) is 2. The number of nitrogens with one attached hydrogen (secondary N) is 1. The normalized spacial score (nSPS) is 16.7. The summed E-state index contributed by atoms with van der Waals surface area (Å²) in [4.78, 5) is 15.1. The number of carbonyl (C=O) groups is 1. The average Bonchev–Trinajstić information content (AvgIpc) is 3.06. The summed E-state index contributed by atoms with van der Waals surface area (Å²) in [6.45, 7) is 0.860. The van der Waals surface area contributed by atoms with Gasteiger partial charge in [-0.15, -0.1) is 11.3 Å². The highest BCUT2D eigenvalue weighted by atomic mass is 35.5. The molecule has 1 aliphatic rings. The Balaban J connectivity index is 1.79. The van der Waals surface area contributed by atoms with Gasteiger partial charge in [0.25, 0.3) is 0 Å². The molecule has 1 atom stereocenters. The minimum absolute atomic E-state index is 0.181. The highest BCUT2D eigenvalue weighted by Gasteiger charge is 2.28. The Labute approximate surface area is 132 Å². The second-order valence-corrected chi connectivity index (χ2v) is 6.55. The number of hydrogen-bond acceptors (Lipinski definition) is 4. The van der Waals surface area contributed by atoms with Crippen molar-refractivity contribution in [1.29, 1.82) is 0 Å². The van der Waals surface area contributed by atoms with E-state index in [2.05, 4.69) is 27.7 Å². The molecule has 0 aliphatic carbocycles. The third-order valence-electron chi connectivity index (χ3n) is 3.68. The van der Waals surface area contributed by atoms with Gasteiger partial charge in [-0.25, -0.2) is 0 Å². The minimum Gasteiger partial charge on any atom is -0.373 e. The summed E-state index contributed by atoms with van der Waals surface area (Å²) in [5.41, 5.74) is 8.25. The minimum atomic E-state index is -0.622.